The normalized spacial score (nSPS) is 14.6. The fourth-order valence-electron chi connectivity index (χ4n) is 2.49. The van der Waals surface area contributed by atoms with E-state index in [-0.39, 0.29) is 11.8 Å². The molecule has 0 aliphatic heterocycles. The van der Waals surface area contributed by atoms with E-state index < -0.39 is 8.41 Å². The lowest BCUT2D eigenvalue weighted by molar-refractivity contribution is 0.0161. The van der Waals surface area contributed by atoms with Gasteiger partial charge in [-0.25, -0.2) is 0 Å². The first-order valence-corrected chi connectivity index (χ1v) is 11.8. The first-order chi connectivity index (χ1) is 10.4. The predicted molar refractivity (Wildman–Crippen MR) is 99.3 cm³/mol. The molecule has 0 radical (unpaired) electrons. The summed E-state index contributed by atoms with van der Waals surface area (Å²) in [5.74, 6) is 0. The van der Waals surface area contributed by atoms with Crippen LogP contribution in [-0.4, -0.2) is 14.1 Å². The molecule has 1 aromatic rings. The highest BCUT2D eigenvalue weighted by atomic mass is 79.9. The van der Waals surface area contributed by atoms with Crippen LogP contribution >= 0.6 is 15.9 Å². The van der Waals surface area contributed by atoms with Gasteiger partial charge >= 0.3 is 0 Å². The van der Waals surface area contributed by atoms with Crippen molar-refractivity contribution in [1.82, 2.24) is 0 Å². The van der Waals surface area contributed by atoms with Crippen LogP contribution in [0.3, 0.4) is 0 Å². The summed E-state index contributed by atoms with van der Waals surface area (Å²) < 4.78 is 21.9. The van der Waals surface area contributed by atoms with Gasteiger partial charge in [0.1, 0.15) is 0 Å². The molecule has 0 saturated carbocycles. The molecule has 0 N–H and O–H groups in total. The molecule has 2 atom stereocenters. The van der Waals surface area contributed by atoms with E-state index in [0.717, 1.165) is 35.7 Å². The lowest BCUT2D eigenvalue weighted by Gasteiger charge is -2.30. The van der Waals surface area contributed by atoms with Gasteiger partial charge in [-0.1, -0.05) is 66.4 Å². The smallest absolute Gasteiger partial charge is 0.269 e. The van der Waals surface area contributed by atoms with Gasteiger partial charge in [0.15, 0.2) is 0 Å². The SMILES string of the molecule is C=CC[C@@H](O[C@H](CCCCC)[Si](C)(C)F)c1ccccc1Br. The number of halogens is 2. The van der Waals surface area contributed by atoms with E-state index in [4.69, 9.17) is 4.74 Å². The van der Waals surface area contributed by atoms with Crippen LogP contribution in [-0.2, 0) is 4.74 Å². The van der Waals surface area contributed by atoms with Crippen LogP contribution in [0.15, 0.2) is 41.4 Å². The highest BCUT2D eigenvalue weighted by Gasteiger charge is 2.35. The van der Waals surface area contributed by atoms with Crippen molar-refractivity contribution in [3.8, 4) is 0 Å². The molecule has 1 nitrogen and oxygen atoms in total. The molecule has 22 heavy (non-hydrogen) atoms. The van der Waals surface area contributed by atoms with Gasteiger partial charge in [-0.15, -0.1) is 6.58 Å². The Morgan fingerprint density at radius 2 is 2.00 bits per heavy atom. The lowest BCUT2D eigenvalue weighted by atomic mass is 10.1. The second-order valence-electron chi connectivity index (χ2n) is 6.22. The van der Waals surface area contributed by atoms with Crippen LogP contribution < -0.4 is 0 Å². The molecule has 1 aromatic carbocycles. The second-order valence-corrected chi connectivity index (χ2v) is 10.8. The summed E-state index contributed by atoms with van der Waals surface area (Å²) in [6.45, 7) is 9.47. The van der Waals surface area contributed by atoms with E-state index in [1.165, 1.54) is 0 Å². The molecular formula is C18H28BrFOSi. The Labute approximate surface area is 144 Å². The molecule has 1 rings (SSSR count). The minimum absolute atomic E-state index is 0.137. The summed E-state index contributed by atoms with van der Waals surface area (Å²) in [7, 11) is -2.85. The van der Waals surface area contributed by atoms with Crippen LogP contribution in [0.5, 0.6) is 0 Å². The van der Waals surface area contributed by atoms with Gasteiger partial charge < -0.3 is 8.84 Å². The Bertz CT molecular complexity index is 459. The van der Waals surface area contributed by atoms with Gasteiger partial charge in [-0.3, -0.25) is 0 Å². The highest BCUT2D eigenvalue weighted by molar-refractivity contribution is 9.10. The number of hydrogen-bond acceptors (Lipinski definition) is 1. The molecule has 0 bridgehead atoms. The zero-order valence-electron chi connectivity index (χ0n) is 13.9. The molecule has 0 unspecified atom stereocenters. The monoisotopic (exact) mass is 386 g/mol. The zero-order chi connectivity index (χ0) is 16.6. The number of ether oxygens (including phenoxy) is 1. The van der Waals surface area contributed by atoms with E-state index in [0.29, 0.717) is 6.42 Å². The average molecular weight is 387 g/mol. The molecule has 4 heteroatoms. The Morgan fingerprint density at radius 3 is 2.55 bits per heavy atom. The Morgan fingerprint density at radius 1 is 1.32 bits per heavy atom. The quantitative estimate of drug-likeness (QED) is 0.187. The maximum atomic E-state index is 14.7. The van der Waals surface area contributed by atoms with Crippen molar-refractivity contribution in [3.63, 3.8) is 0 Å². The van der Waals surface area contributed by atoms with Crippen molar-refractivity contribution >= 4 is 24.3 Å². The Kier molecular flexibility index (Phi) is 8.58. The standard InChI is InChI=1S/C18H28BrFOSi/c1-5-7-8-14-18(22(3,4)20)21-17(11-6-2)15-12-9-10-13-16(15)19/h6,9-10,12-13,17-18H,2,5,7-8,11,14H2,1,3-4H3/t17-,18+/m1/s1. The van der Waals surface area contributed by atoms with Crippen LogP contribution in [0.4, 0.5) is 4.11 Å². The summed E-state index contributed by atoms with van der Waals surface area (Å²) in [4.78, 5) is 0. The molecular weight excluding hydrogens is 359 g/mol. The predicted octanol–water partition coefficient (Wildman–Crippen LogP) is 6.75. The van der Waals surface area contributed by atoms with Gasteiger partial charge in [-0.2, -0.15) is 0 Å². The van der Waals surface area contributed by atoms with Gasteiger partial charge in [0.25, 0.3) is 8.41 Å². The van der Waals surface area contributed by atoms with Crippen LogP contribution in [0, 0.1) is 0 Å². The topological polar surface area (TPSA) is 9.23 Å². The minimum Gasteiger partial charge on any atom is -0.370 e. The van der Waals surface area contributed by atoms with Crippen molar-refractivity contribution in [3.05, 3.63) is 47.0 Å². The molecule has 0 fully saturated rings. The minimum atomic E-state index is -2.85. The first kappa shape index (κ1) is 19.6. The van der Waals surface area contributed by atoms with E-state index in [1.54, 1.807) is 13.1 Å². The van der Waals surface area contributed by atoms with Gasteiger partial charge in [-0.05, 0) is 37.6 Å². The van der Waals surface area contributed by atoms with Crippen molar-refractivity contribution in [2.45, 2.75) is 64.0 Å². The highest BCUT2D eigenvalue weighted by Crippen LogP contribution is 2.33. The molecule has 0 saturated heterocycles. The first-order valence-electron chi connectivity index (χ1n) is 8.09. The summed E-state index contributed by atoms with van der Waals surface area (Å²) in [6, 6.07) is 8.00. The summed E-state index contributed by atoms with van der Waals surface area (Å²) in [5.41, 5.74) is 0.803. The summed E-state index contributed by atoms with van der Waals surface area (Å²) in [5, 5.41) is 0. The van der Waals surface area contributed by atoms with Gasteiger partial charge in [0.2, 0.25) is 0 Å². The fourth-order valence-corrected chi connectivity index (χ4v) is 4.41. The van der Waals surface area contributed by atoms with E-state index in [1.807, 2.05) is 30.3 Å². The van der Waals surface area contributed by atoms with Crippen LogP contribution in [0.2, 0.25) is 13.1 Å². The average Bonchev–Trinajstić information content (AvgIpc) is 2.45. The Balaban J connectivity index is 2.89. The number of rotatable bonds is 10. The molecule has 0 aliphatic carbocycles. The largest absolute Gasteiger partial charge is 0.370 e. The second kappa shape index (κ2) is 9.63. The van der Waals surface area contributed by atoms with E-state index in [2.05, 4.69) is 29.4 Å². The third kappa shape index (κ3) is 6.35. The molecule has 0 amide bonds. The molecule has 0 aromatic heterocycles. The van der Waals surface area contributed by atoms with Crippen molar-refractivity contribution in [1.29, 1.82) is 0 Å². The van der Waals surface area contributed by atoms with Crippen LogP contribution in [0.25, 0.3) is 0 Å². The number of unbranched alkanes of at least 4 members (excludes halogenated alkanes) is 2. The molecule has 0 heterocycles. The van der Waals surface area contributed by atoms with E-state index >= 15 is 0 Å². The number of hydrogen-bond donors (Lipinski definition) is 0. The molecule has 0 aliphatic rings. The lowest BCUT2D eigenvalue weighted by Crippen LogP contribution is -2.40. The molecule has 124 valence electrons. The fraction of sp³-hybridized carbons (Fsp3) is 0.556. The zero-order valence-corrected chi connectivity index (χ0v) is 16.5. The van der Waals surface area contributed by atoms with Gasteiger partial charge in [0, 0.05) is 4.47 Å². The van der Waals surface area contributed by atoms with Crippen molar-refractivity contribution in [2.75, 3.05) is 0 Å². The maximum absolute atomic E-state index is 14.7. The summed E-state index contributed by atoms with van der Waals surface area (Å²) in [6.07, 6.45) is 6.51. The van der Waals surface area contributed by atoms with Crippen molar-refractivity contribution in [2.24, 2.45) is 0 Å². The van der Waals surface area contributed by atoms with Gasteiger partial charge in [0.05, 0.1) is 11.8 Å². The van der Waals surface area contributed by atoms with Crippen LogP contribution in [0.1, 0.15) is 50.7 Å². The molecule has 0 spiro atoms. The Hall–Kier alpha value is -0.453. The third-order valence-corrected chi connectivity index (χ3v) is 6.48. The maximum Gasteiger partial charge on any atom is 0.269 e. The number of benzene rings is 1. The van der Waals surface area contributed by atoms with Crippen molar-refractivity contribution < 1.29 is 8.84 Å². The summed E-state index contributed by atoms with van der Waals surface area (Å²) >= 11 is 3.57. The van der Waals surface area contributed by atoms with E-state index in [9.17, 15) is 4.11 Å². The third-order valence-electron chi connectivity index (χ3n) is 3.80.